The molecule has 2 aromatic rings. The molecule has 1 aliphatic rings. The lowest BCUT2D eigenvalue weighted by atomic mass is 10.2. The lowest BCUT2D eigenvalue weighted by molar-refractivity contribution is -0.146. The van der Waals surface area contributed by atoms with Crippen molar-refractivity contribution in [1.29, 1.82) is 0 Å². The first-order chi connectivity index (χ1) is 18.2. The van der Waals surface area contributed by atoms with E-state index in [2.05, 4.69) is 9.73 Å². The molecule has 1 aromatic carbocycles. The minimum atomic E-state index is -5.03. The van der Waals surface area contributed by atoms with Gasteiger partial charge in [0, 0.05) is 13.1 Å². The van der Waals surface area contributed by atoms with Crippen molar-refractivity contribution in [2.45, 2.75) is 24.8 Å². The molecule has 1 fully saturated rings. The summed E-state index contributed by atoms with van der Waals surface area (Å²) in [4.78, 5) is 66.9. The maximum atomic E-state index is 14.9. The second kappa shape index (κ2) is 11.6. The highest BCUT2D eigenvalue weighted by Crippen LogP contribution is 2.35. The number of aromatic nitrogens is 2. The van der Waals surface area contributed by atoms with Crippen LogP contribution in [0.2, 0.25) is 5.02 Å². The van der Waals surface area contributed by atoms with Crippen molar-refractivity contribution in [3.63, 3.8) is 0 Å². The van der Waals surface area contributed by atoms with Gasteiger partial charge < -0.3 is 9.47 Å². The predicted molar refractivity (Wildman–Crippen MR) is 131 cm³/mol. The molecule has 210 valence electrons. The maximum absolute atomic E-state index is 14.9. The Morgan fingerprint density at radius 3 is 2.41 bits per heavy atom. The second-order valence-electron chi connectivity index (χ2n) is 7.81. The van der Waals surface area contributed by atoms with Crippen molar-refractivity contribution in [2.75, 3.05) is 20.3 Å². The minimum Gasteiger partial charge on any atom is -0.469 e. The fourth-order valence-corrected chi connectivity index (χ4v) is 4.77. The summed E-state index contributed by atoms with van der Waals surface area (Å²) < 4.78 is 64.2. The van der Waals surface area contributed by atoms with Gasteiger partial charge in [0.1, 0.15) is 23.3 Å². The monoisotopic (exact) mass is 594 g/mol. The molecule has 11 nitrogen and oxygen atoms in total. The van der Waals surface area contributed by atoms with E-state index in [1.165, 1.54) is 0 Å². The highest BCUT2D eigenvalue weighted by Gasteiger charge is 2.41. The standard InChI is InChI=1S/C22H19ClF4N4O7S/c1-4-38-18(34)9-30-19(35)14(7-17(33)37-3)39-20(30)28-12-6-13(11(24)5-10(12)23)31-16(32)8-15(22(25,26)27)29(2)21(31)36/h5-6,8,14H,4,7,9H2,1-3H3. The molecule has 1 amide bonds. The maximum Gasteiger partial charge on any atom is 0.431 e. The molecule has 1 aliphatic heterocycles. The van der Waals surface area contributed by atoms with Gasteiger partial charge in [0.05, 0.1) is 36.5 Å². The Bertz CT molecular complexity index is 1490. The van der Waals surface area contributed by atoms with Gasteiger partial charge in [0.2, 0.25) is 5.91 Å². The molecule has 2 heterocycles. The molecule has 1 aromatic heterocycles. The number of carbonyl (C=O) groups is 3. The fraction of sp³-hybridized carbons (Fsp3) is 0.364. The molecule has 39 heavy (non-hydrogen) atoms. The normalized spacial score (nSPS) is 16.6. The van der Waals surface area contributed by atoms with Gasteiger partial charge in [-0.2, -0.15) is 13.2 Å². The quantitative estimate of drug-likeness (QED) is 0.353. The Morgan fingerprint density at radius 1 is 1.15 bits per heavy atom. The van der Waals surface area contributed by atoms with Crippen molar-refractivity contribution >= 4 is 52.1 Å². The number of thioether (sulfide) groups is 1. The van der Waals surface area contributed by atoms with Crippen LogP contribution in [0, 0.1) is 5.82 Å². The molecule has 0 spiro atoms. The third-order valence-electron chi connectivity index (χ3n) is 5.28. The lowest BCUT2D eigenvalue weighted by Crippen LogP contribution is -2.41. The van der Waals surface area contributed by atoms with E-state index >= 15 is 0 Å². The van der Waals surface area contributed by atoms with Gasteiger partial charge in [-0.3, -0.25) is 28.6 Å². The van der Waals surface area contributed by atoms with Gasteiger partial charge in [-0.15, -0.1) is 0 Å². The Morgan fingerprint density at radius 2 is 1.82 bits per heavy atom. The van der Waals surface area contributed by atoms with Gasteiger partial charge in [0.15, 0.2) is 5.17 Å². The predicted octanol–water partition coefficient (Wildman–Crippen LogP) is 2.41. The van der Waals surface area contributed by atoms with E-state index in [-0.39, 0.29) is 44.1 Å². The molecule has 0 N–H and O–H groups in total. The van der Waals surface area contributed by atoms with Crippen LogP contribution in [0.3, 0.4) is 0 Å². The number of methoxy groups -OCH3 is 1. The summed E-state index contributed by atoms with van der Waals surface area (Å²) >= 11 is 6.86. The van der Waals surface area contributed by atoms with Crippen LogP contribution in [0.15, 0.2) is 32.8 Å². The van der Waals surface area contributed by atoms with Crippen LogP contribution in [-0.2, 0) is 37.1 Å². The largest absolute Gasteiger partial charge is 0.469 e. The number of amides is 1. The van der Waals surface area contributed by atoms with E-state index in [9.17, 15) is 41.5 Å². The Balaban J connectivity index is 2.15. The van der Waals surface area contributed by atoms with Gasteiger partial charge in [0.25, 0.3) is 5.56 Å². The molecular formula is C22H19ClF4N4O7S. The van der Waals surface area contributed by atoms with E-state index in [0.29, 0.717) is 6.07 Å². The number of alkyl halides is 3. The lowest BCUT2D eigenvalue weighted by Gasteiger charge is -2.16. The molecule has 1 saturated heterocycles. The topological polar surface area (TPSA) is 129 Å². The number of ether oxygens (including phenoxy) is 2. The summed E-state index contributed by atoms with van der Waals surface area (Å²) in [7, 11) is 1.87. The molecule has 3 rings (SSSR count). The third kappa shape index (κ3) is 6.33. The molecule has 1 unspecified atom stereocenters. The van der Waals surface area contributed by atoms with Gasteiger partial charge >= 0.3 is 23.8 Å². The average Bonchev–Trinajstić information content (AvgIpc) is 3.12. The summed E-state index contributed by atoms with van der Waals surface area (Å²) in [6.45, 7) is 0.956. The van der Waals surface area contributed by atoms with Crippen LogP contribution >= 0.6 is 23.4 Å². The van der Waals surface area contributed by atoms with E-state index in [1.54, 1.807) is 6.92 Å². The number of aliphatic imine (C=N–C) groups is 1. The van der Waals surface area contributed by atoms with Crippen molar-refractivity contribution in [3.8, 4) is 5.69 Å². The number of esters is 2. The molecular weight excluding hydrogens is 576 g/mol. The van der Waals surface area contributed by atoms with Crippen molar-refractivity contribution in [3.05, 3.63) is 55.6 Å². The number of benzene rings is 1. The van der Waals surface area contributed by atoms with Gasteiger partial charge in [-0.05, 0) is 19.1 Å². The van der Waals surface area contributed by atoms with Gasteiger partial charge in [-0.1, -0.05) is 23.4 Å². The summed E-state index contributed by atoms with van der Waals surface area (Å²) in [5.41, 5.74) is -5.59. The summed E-state index contributed by atoms with van der Waals surface area (Å²) in [6, 6.07) is 1.62. The molecule has 0 bridgehead atoms. The van der Waals surface area contributed by atoms with E-state index in [1.807, 2.05) is 0 Å². The number of nitrogens with zero attached hydrogens (tertiary/aromatic N) is 4. The third-order valence-corrected chi connectivity index (χ3v) is 6.75. The first-order valence-corrected chi connectivity index (χ1v) is 12.1. The number of halogens is 5. The van der Waals surface area contributed by atoms with E-state index in [4.69, 9.17) is 16.3 Å². The van der Waals surface area contributed by atoms with Crippen LogP contribution in [-0.4, -0.2) is 62.6 Å². The molecule has 1 atom stereocenters. The van der Waals surface area contributed by atoms with Crippen LogP contribution in [0.4, 0.5) is 23.2 Å². The molecule has 17 heteroatoms. The zero-order valence-electron chi connectivity index (χ0n) is 20.4. The van der Waals surface area contributed by atoms with Crippen LogP contribution in [0.5, 0.6) is 0 Å². The highest BCUT2D eigenvalue weighted by atomic mass is 35.5. The smallest absolute Gasteiger partial charge is 0.431 e. The van der Waals surface area contributed by atoms with E-state index < -0.39 is 64.3 Å². The van der Waals surface area contributed by atoms with Crippen LogP contribution in [0.1, 0.15) is 19.0 Å². The summed E-state index contributed by atoms with van der Waals surface area (Å²) in [5, 5.41) is -1.57. The molecule has 0 saturated carbocycles. The van der Waals surface area contributed by atoms with Crippen molar-refractivity contribution < 1.29 is 41.4 Å². The number of rotatable bonds is 7. The SMILES string of the molecule is CCOC(=O)CN1C(=O)C(CC(=O)OC)SC1=Nc1cc(-n2c(=O)cc(C(F)(F)F)n(C)c2=O)c(F)cc1Cl. The highest BCUT2D eigenvalue weighted by molar-refractivity contribution is 8.15. The minimum absolute atomic E-state index is 0.00998. The first-order valence-electron chi connectivity index (χ1n) is 10.9. The van der Waals surface area contributed by atoms with Crippen molar-refractivity contribution in [1.82, 2.24) is 14.0 Å². The number of carbonyl (C=O) groups excluding carboxylic acids is 3. The second-order valence-corrected chi connectivity index (χ2v) is 9.39. The van der Waals surface area contributed by atoms with Gasteiger partial charge in [-0.25, -0.2) is 18.7 Å². The van der Waals surface area contributed by atoms with Crippen LogP contribution < -0.4 is 11.2 Å². The summed E-state index contributed by atoms with van der Waals surface area (Å²) in [5.74, 6) is -3.45. The number of amidine groups is 1. The zero-order chi connectivity index (χ0) is 29.2. The van der Waals surface area contributed by atoms with Crippen LogP contribution in [0.25, 0.3) is 5.69 Å². The zero-order valence-corrected chi connectivity index (χ0v) is 21.9. The molecule has 0 aliphatic carbocycles. The molecule has 0 radical (unpaired) electrons. The number of hydrogen-bond donors (Lipinski definition) is 0. The Labute approximate surface area is 225 Å². The fourth-order valence-electron chi connectivity index (χ4n) is 3.45. The number of hydrogen-bond acceptors (Lipinski definition) is 9. The average molecular weight is 595 g/mol. The Hall–Kier alpha value is -3.66. The van der Waals surface area contributed by atoms with E-state index in [0.717, 1.165) is 36.9 Å². The Kier molecular flexibility index (Phi) is 8.90. The first kappa shape index (κ1) is 29.9. The van der Waals surface area contributed by atoms with Crippen molar-refractivity contribution in [2.24, 2.45) is 12.0 Å². The summed E-state index contributed by atoms with van der Waals surface area (Å²) in [6.07, 6.45) is -5.41.